The second-order valence-electron chi connectivity index (χ2n) is 11.6. The molecular formula is C35H44N6O2S. The molecule has 1 heterocycles. The Labute approximate surface area is 265 Å². The van der Waals surface area contributed by atoms with Crippen molar-refractivity contribution in [2.24, 2.45) is 0 Å². The number of carbonyl (C=O) groups is 2. The number of amides is 2. The molecule has 4 aromatic rings. The summed E-state index contributed by atoms with van der Waals surface area (Å²) in [5.74, 6) is -0.332. The van der Waals surface area contributed by atoms with Crippen LogP contribution in [0.4, 0.5) is 11.4 Å². The molecule has 44 heavy (non-hydrogen) atoms. The van der Waals surface area contributed by atoms with Gasteiger partial charge in [-0.1, -0.05) is 36.4 Å². The van der Waals surface area contributed by atoms with Crippen molar-refractivity contribution in [1.29, 1.82) is 0 Å². The highest BCUT2D eigenvalue weighted by Gasteiger charge is 2.18. The maximum atomic E-state index is 13.5. The molecule has 4 rings (SSSR count). The number of aryl methyl sites for hydroxylation is 1. The third-order valence-corrected chi connectivity index (χ3v) is 8.36. The summed E-state index contributed by atoms with van der Waals surface area (Å²) in [7, 11) is 9.96. The van der Waals surface area contributed by atoms with Crippen LogP contribution < -0.4 is 20.4 Å². The molecule has 0 aliphatic heterocycles. The molecule has 8 nitrogen and oxygen atoms in total. The maximum absolute atomic E-state index is 13.5. The quantitative estimate of drug-likeness (QED) is 0.186. The molecule has 0 saturated heterocycles. The Morgan fingerprint density at radius 3 is 2.16 bits per heavy atom. The minimum absolute atomic E-state index is 0.0852. The van der Waals surface area contributed by atoms with Crippen molar-refractivity contribution in [3.8, 4) is 0 Å². The second kappa shape index (κ2) is 15.5. The summed E-state index contributed by atoms with van der Waals surface area (Å²) in [6.45, 7) is 3.83. The largest absolute Gasteiger partial charge is 0.378 e. The average Bonchev–Trinajstić information content (AvgIpc) is 3.43. The molecule has 3 aromatic carbocycles. The average molecular weight is 613 g/mol. The molecule has 0 bridgehead atoms. The van der Waals surface area contributed by atoms with E-state index in [0.717, 1.165) is 47.2 Å². The summed E-state index contributed by atoms with van der Waals surface area (Å²) < 4.78 is 0. The van der Waals surface area contributed by atoms with Crippen molar-refractivity contribution in [2.45, 2.75) is 38.9 Å². The Bertz CT molecular complexity index is 1510. The lowest BCUT2D eigenvalue weighted by molar-refractivity contribution is 0.0785. The standard InChI is InChI=1S/C35H44N6O2S/c1-25-24-44-33(37-25)23-41(6)35(43)29-14-10-13-28(20-29)34(42)38-30(17-26-11-8-7-9-12-26)15-16-36-22-27-18-31(39(2)3)21-32(19-27)40(4)5/h7-14,18-21,24,30,36H,15-17,22-23H2,1-6H3,(H,38,42)/t30-/m1/s1. The van der Waals surface area contributed by atoms with E-state index in [9.17, 15) is 9.59 Å². The molecule has 0 unspecified atom stereocenters. The minimum Gasteiger partial charge on any atom is -0.378 e. The van der Waals surface area contributed by atoms with Gasteiger partial charge >= 0.3 is 0 Å². The van der Waals surface area contributed by atoms with Crippen LogP contribution in [0.3, 0.4) is 0 Å². The summed E-state index contributed by atoms with van der Waals surface area (Å²) >= 11 is 1.54. The van der Waals surface area contributed by atoms with Crippen LogP contribution in [0.2, 0.25) is 0 Å². The van der Waals surface area contributed by atoms with Crippen molar-refractivity contribution >= 4 is 34.5 Å². The topological polar surface area (TPSA) is 80.8 Å². The van der Waals surface area contributed by atoms with Gasteiger partial charge in [0.1, 0.15) is 5.01 Å². The van der Waals surface area contributed by atoms with Gasteiger partial charge in [-0.3, -0.25) is 9.59 Å². The molecule has 0 spiro atoms. The van der Waals surface area contributed by atoms with E-state index in [1.807, 2.05) is 30.5 Å². The van der Waals surface area contributed by atoms with Crippen molar-refractivity contribution in [2.75, 3.05) is 51.6 Å². The Hall–Kier alpha value is -4.21. The fourth-order valence-corrected chi connectivity index (χ4v) is 5.76. The number of nitrogens with one attached hydrogen (secondary N) is 2. The highest BCUT2D eigenvalue weighted by Crippen LogP contribution is 2.23. The number of hydrogen-bond donors (Lipinski definition) is 2. The number of thiazole rings is 1. The summed E-state index contributed by atoms with van der Waals surface area (Å²) in [6.07, 6.45) is 1.47. The maximum Gasteiger partial charge on any atom is 0.253 e. The van der Waals surface area contributed by atoms with Crippen molar-refractivity contribution in [3.05, 3.63) is 111 Å². The molecule has 0 aliphatic rings. The fraction of sp³-hybridized carbons (Fsp3) is 0.343. The van der Waals surface area contributed by atoms with Gasteiger partial charge in [-0.15, -0.1) is 11.3 Å². The van der Waals surface area contributed by atoms with Crippen LogP contribution in [0, 0.1) is 6.92 Å². The number of aromatic nitrogens is 1. The van der Waals surface area contributed by atoms with Crippen LogP contribution in [0.5, 0.6) is 0 Å². The van der Waals surface area contributed by atoms with E-state index in [1.165, 1.54) is 16.9 Å². The first-order chi connectivity index (χ1) is 21.1. The summed E-state index contributed by atoms with van der Waals surface area (Å²) in [5.41, 5.74) is 6.58. The van der Waals surface area contributed by atoms with Gasteiger partial charge in [0, 0.05) is 81.4 Å². The number of hydrogen-bond acceptors (Lipinski definition) is 7. The zero-order valence-corrected chi connectivity index (χ0v) is 27.4. The lowest BCUT2D eigenvalue weighted by Gasteiger charge is -2.21. The SMILES string of the molecule is Cc1csc(CN(C)C(=O)c2cccc(C(=O)N[C@H](CCNCc3cc(N(C)C)cc(N(C)C)c3)Cc3ccccc3)c2)n1. The molecular weight excluding hydrogens is 568 g/mol. The van der Waals surface area contributed by atoms with Crippen LogP contribution in [0.1, 0.15) is 49.0 Å². The van der Waals surface area contributed by atoms with E-state index < -0.39 is 0 Å². The highest BCUT2D eigenvalue weighted by molar-refractivity contribution is 7.09. The third-order valence-electron chi connectivity index (χ3n) is 7.41. The highest BCUT2D eigenvalue weighted by atomic mass is 32.1. The van der Waals surface area contributed by atoms with Gasteiger partial charge in [-0.2, -0.15) is 0 Å². The van der Waals surface area contributed by atoms with Crippen LogP contribution in [0.15, 0.2) is 78.2 Å². The van der Waals surface area contributed by atoms with Crippen molar-refractivity contribution in [1.82, 2.24) is 20.5 Å². The lowest BCUT2D eigenvalue weighted by atomic mass is 10.0. The van der Waals surface area contributed by atoms with Gasteiger partial charge in [0.15, 0.2) is 0 Å². The van der Waals surface area contributed by atoms with Gasteiger partial charge in [-0.05, 0) is 73.8 Å². The first-order valence-corrected chi connectivity index (χ1v) is 15.8. The molecule has 1 atom stereocenters. The van der Waals surface area contributed by atoms with E-state index in [4.69, 9.17) is 0 Å². The van der Waals surface area contributed by atoms with Crippen molar-refractivity contribution in [3.63, 3.8) is 0 Å². The van der Waals surface area contributed by atoms with Crippen LogP contribution in [0.25, 0.3) is 0 Å². The number of rotatable bonds is 14. The molecule has 0 fully saturated rings. The zero-order valence-electron chi connectivity index (χ0n) is 26.6. The summed E-state index contributed by atoms with van der Waals surface area (Å²) in [5, 5.41) is 9.68. The second-order valence-corrected chi connectivity index (χ2v) is 12.5. The monoisotopic (exact) mass is 612 g/mol. The van der Waals surface area contributed by atoms with Crippen LogP contribution in [-0.4, -0.2) is 69.5 Å². The predicted molar refractivity (Wildman–Crippen MR) is 182 cm³/mol. The van der Waals surface area contributed by atoms with Crippen molar-refractivity contribution < 1.29 is 9.59 Å². The van der Waals surface area contributed by atoms with Gasteiger partial charge in [0.2, 0.25) is 0 Å². The van der Waals surface area contributed by atoms with E-state index in [-0.39, 0.29) is 17.9 Å². The number of anilines is 2. The Kier molecular flexibility index (Phi) is 11.5. The van der Waals surface area contributed by atoms with Gasteiger partial charge < -0.3 is 25.3 Å². The van der Waals surface area contributed by atoms with Crippen LogP contribution in [-0.2, 0) is 19.5 Å². The van der Waals surface area contributed by atoms with Crippen LogP contribution >= 0.6 is 11.3 Å². The molecule has 0 radical (unpaired) electrons. The molecule has 0 aliphatic carbocycles. The smallest absolute Gasteiger partial charge is 0.253 e. The first-order valence-electron chi connectivity index (χ1n) is 14.9. The normalized spacial score (nSPS) is 11.6. The van der Waals surface area contributed by atoms with E-state index >= 15 is 0 Å². The minimum atomic E-state index is -0.187. The number of benzene rings is 3. The molecule has 232 valence electrons. The molecule has 2 N–H and O–H groups in total. The van der Waals surface area contributed by atoms with Gasteiger partial charge in [0.05, 0.1) is 6.54 Å². The first kappa shape index (κ1) is 32.7. The third kappa shape index (κ3) is 9.39. The molecule has 0 saturated carbocycles. The fourth-order valence-electron chi connectivity index (χ4n) is 4.94. The Morgan fingerprint density at radius 2 is 1.52 bits per heavy atom. The Balaban J connectivity index is 1.40. The van der Waals surface area contributed by atoms with E-state index in [2.05, 4.69) is 83.9 Å². The number of carbonyl (C=O) groups excluding carboxylic acids is 2. The van der Waals surface area contributed by atoms with E-state index in [0.29, 0.717) is 24.1 Å². The lowest BCUT2D eigenvalue weighted by Crippen LogP contribution is -2.38. The van der Waals surface area contributed by atoms with E-state index in [1.54, 1.807) is 36.2 Å². The number of nitrogens with zero attached hydrogens (tertiary/aromatic N) is 4. The Morgan fingerprint density at radius 1 is 0.841 bits per heavy atom. The van der Waals surface area contributed by atoms with Gasteiger partial charge in [-0.25, -0.2) is 4.98 Å². The molecule has 2 amide bonds. The predicted octanol–water partition coefficient (Wildman–Crippen LogP) is 5.38. The van der Waals surface area contributed by atoms with Gasteiger partial charge in [0.25, 0.3) is 11.8 Å². The summed E-state index contributed by atoms with van der Waals surface area (Å²) in [6, 6.07) is 23.7. The summed E-state index contributed by atoms with van der Waals surface area (Å²) in [4.78, 5) is 37.0. The molecule has 1 aromatic heterocycles. The zero-order chi connectivity index (χ0) is 31.6. The molecule has 9 heteroatoms.